The maximum atomic E-state index is 12.0. The van der Waals surface area contributed by atoms with Crippen LogP contribution in [0.25, 0.3) is 0 Å². The molecule has 28 heavy (non-hydrogen) atoms. The summed E-state index contributed by atoms with van der Waals surface area (Å²) in [4.78, 5) is 38.1. The van der Waals surface area contributed by atoms with Gasteiger partial charge in [-0.2, -0.15) is 0 Å². The number of carbonyl (C=O) groups excluding carboxylic acids is 2. The van der Waals surface area contributed by atoms with Crippen molar-refractivity contribution < 1.29 is 24.2 Å². The van der Waals surface area contributed by atoms with Crippen molar-refractivity contribution in [3.8, 4) is 5.75 Å². The zero-order chi connectivity index (χ0) is 19.9. The number of hydrogen-bond acceptors (Lipinski definition) is 5. The predicted molar refractivity (Wildman–Crippen MR) is 100 cm³/mol. The molecule has 1 fully saturated rings. The SMILES string of the molecule is O=C(COc1ccc(CCNC(=O)c2ccc(C(=O)O)nc2)cc1)NC1CC1. The number of benzene rings is 1. The zero-order valence-electron chi connectivity index (χ0n) is 15.2. The van der Waals surface area contributed by atoms with Crippen molar-refractivity contribution in [3.63, 3.8) is 0 Å². The van der Waals surface area contributed by atoms with Crippen molar-refractivity contribution >= 4 is 17.8 Å². The molecular weight excluding hydrogens is 362 g/mol. The Kier molecular flexibility index (Phi) is 6.21. The van der Waals surface area contributed by atoms with Gasteiger partial charge in [-0.1, -0.05) is 12.1 Å². The zero-order valence-corrected chi connectivity index (χ0v) is 15.2. The lowest BCUT2D eigenvalue weighted by Gasteiger charge is -2.08. The Bertz CT molecular complexity index is 845. The first-order valence-electron chi connectivity index (χ1n) is 9.00. The highest BCUT2D eigenvalue weighted by molar-refractivity contribution is 5.94. The fraction of sp³-hybridized carbons (Fsp3) is 0.300. The van der Waals surface area contributed by atoms with E-state index in [9.17, 15) is 14.4 Å². The molecule has 3 rings (SSSR count). The van der Waals surface area contributed by atoms with E-state index >= 15 is 0 Å². The van der Waals surface area contributed by atoms with Crippen LogP contribution in [-0.4, -0.2) is 47.1 Å². The van der Waals surface area contributed by atoms with Gasteiger partial charge in [-0.05, 0) is 49.1 Å². The van der Waals surface area contributed by atoms with Crippen molar-refractivity contribution in [2.24, 2.45) is 0 Å². The average Bonchev–Trinajstić information content (AvgIpc) is 3.51. The minimum Gasteiger partial charge on any atom is -0.484 e. The van der Waals surface area contributed by atoms with Gasteiger partial charge in [0.15, 0.2) is 6.61 Å². The van der Waals surface area contributed by atoms with Gasteiger partial charge in [0.25, 0.3) is 11.8 Å². The van der Waals surface area contributed by atoms with Crippen molar-refractivity contribution in [1.82, 2.24) is 15.6 Å². The number of aromatic carboxylic acids is 1. The van der Waals surface area contributed by atoms with Crippen LogP contribution in [-0.2, 0) is 11.2 Å². The summed E-state index contributed by atoms with van der Waals surface area (Å²) in [5.74, 6) is -0.947. The Hall–Kier alpha value is -3.42. The van der Waals surface area contributed by atoms with Crippen LogP contribution in [0.3, 0.4) is 0 Å². The van der Waals surface area contributed by atoms with E-state index in [0.717, 1.165) is 18.4 Å². The number of carboxylic acids is 1. The van der Waals surface area contributed by atoms with Crippen LogP contribution in [0.15, 0.2) is 42.6 Å². The summed E-state index contributed by atoms with van der Waals surface area (Å²) in [6.07, 6.45) is 3.95. The predicted octanol–water partition coefficient (Wildman–Crippen LogP) is 1.41. The van der Waals surface area contributed by atoms with E-state index in [-0.39, 0.29) is 24.1 Å². The molecule has 1 saturated carbocycles. The molecule has 8 heteroatoms. The van der Waals surface area contributed by atoms with Crippen LogP contribution >= 0.6 is 0 Å². The van der Waals surface area contributed by atoms with E-state index < -0.39 is 5.97 Å². The number of nitrogens with one attached hydrogen (secondary N) is 2. The lowest BCUT2D eigenvalue weighted by atomic mass is 10.1. The standard InChI is InChI=1S/C20H21N3O5/c24-18(23-15-4-5-15)12-28-16-6-1-13(2-7-16)9-10-21-19(25)14-3-8-17(20(26)27)22-11-14/h1-3,6-8,11,15H,4-5,9-10,12H2,(H,21,25)(H,23,24)(H,26,27). The maximum absolute atomic E-state index is 12.0. The highest BCUT2D eigenvalue weighted by atomic mass is 16.5. The van der Waals surface area contributed by atoms with Gasteiger partial charge in [0.2, 0.25) is 0 Å². The molecule has 8 nitrogen and oxygen atoms in total. The third-order valence-electron chi connectivity index (χ3n) is 4.18. The topological polar surface area (TPSA) is 118 Å². The van der Waals surface area contributed by atoms with Gasteiger partial charge in [-0.15, -0.1) is 0 Å². The molecule has 1 aromatic heterocycles. The van der Waals surface area contributed by atoms with Crippen LogP contribution in [0.1, 0.15) is 39.3 Å². The normalized spacial score (nSPS) is 12.9. The Balaban J connectivity index is 1.39. The van der Waals surface area contributed by atoms with E-state index in [2.05, 4.69) is 15.6 Å². The molecule has 1 aromatic carbocycles. The molecule has 3 N–H and O–H groups in total. The van der Waals surface area contributed by atoms with E-state index in [1.807, 2.05) is 12.1 Å². The number of carbonyl (C=O) groups is 3. The molecule has 0 bridgehead atoms. The van der Waals surface area contributed by atoms with Gasteiger partial charge in [-0.3, -0.25) is 9.59 Å². The molecule has 0 radical (unpaired) electrons. The smallest absolute Gasteiger partial charge is 0.354 e. The van der Waals surface area contributed by atoms with Crippen molar-refractivity contribution in [2.45, 2.75) is 25.3 Å². The van der Waals surface area contributed by atoms with Crippen LogP contribution in [0, 0.1) is 0 Å². The van der Waals surface area contributed by atoms with Crippen LogP contribution in [0.2, 0.25) is 0 Å². The molecule has 146 valence electrons. The number of rotatable bonds is 9. The Labute approximate surface area is 161 Å². The molecule has 2 aromatic rings. The molecule has 1 heterocycles. The molecule has 0 atom stereocenters. The second-order valence-corrected chi connectivity index (χ2v) is 6.52. The number of pyridine rings is 1. The van der Waals surface area contributed by atoms with E-state index in [1.165, 1.54) is 18.3 Å². The fourth-order valence-corrected chi connectivity index (χ4v) is 2.48. The van der Waals surface area contributed by atoms with Gasteiger partial charge in [0, 0.05) is 18.8 Å². The first-order valence-corrected chi connectivity index (χ1v) is 9.00. The van der Waals surface area contributed by atoms with E-state index in [4.69, 9.17) is 9.84 Å². The largest absolute Gasteiger partial charge is 0.484 e. The van der Waals surface area contributed by atoms with Crippen molar-refractivity contribution in [1.29, 1.82) is 0 Å². The molecule has 0 aliphatic heterocycles. The highest BCUT2D eigenvalue weighted by Crippen LogP contribution is 2.18. The van der Waals surface area contributed by atoms with E-state index in [1.54, 1.807) is 12.1 Å². The van der Waals surface area contributed by atoms with E-state index in [0.29, 0.717) is 30.3 Å². The second kappa shape index (κ2) is 8.98. The third kappa shape index (κ3) is 5.80. The number of ether oxygens (including phenoxy) is 1. The van der Waals surface area contributed by atoms with Gasteiger partial charge < -0.3 is 20.5 Å². The van der Waals surface area contributed by atoms with Crippen LogP contribution < -0.4 is 15.4 Å². The maximum Gasteiger partial charge on any atom is 0.354 e. The lowest BCUT2D eigenvalue weighted by Crippen LogP contribution is -2.30. The Morgan fingerprint density at radius 3 is 2.46 bits per heavy atom. The molecular formula is C20H21N3O5. The molecule has 2 amide bonds. The quantitative estimate of drug-likeness (QED) is 0.603. The first-order chi connectivity index (χ1) is 13.5. The average molecular weight is 383 g/mol. The molecule has 1 aliphatic carbocycles. The summed E-state index contributed by atoms with van der Waals surface area (Å²) >= 11 is 0. The number of aromatic nitrogens is 1. The lowest BCUT2D eigenvalue weighted by molar-refractivity contribution is -0.123. The van der Waals surface area contributed by atoms with Crippen LogP contribution in [0.5, 0.6) is 5.75 Å². The fourth-order valence-electron chi connectivity index (χ4n) is 2.48. The summed E-state index contributed by atoms with van der Waals surface area (Å²) in [5.41, 5.74) is 1.21. The number of carboxylic acid groups (broad SMARTS) is 1. The van der Waals surface area contributed by atoms with Gasteiger partial charge in [-0.25, -0.2) is 9.78 Å². The second-order valence-electron chi connectivity index (χ2n) is 6.52. The summed E-state index contributed by atoms with van der Waals surface area (Å²) < 4.78 is 5.45. The molecule has 0 unspecified atom stereocenters. The number of nitrogens with zero attached hydrogens (tertiary/aromatic N) is 1. The Morgan fingerprint density at radius 1 is 1.11 bits per heavy atom. The summed E-state index contributed by atoms with van der Waals surface area (Å²) in [6.45, 7) is 0.421. The van der Waals surface area contributed by atoms with Crippen molar-refractivity contribution in [2.75, 3.05) is 13.2 Å². The Morgan fingerprint density at radius 2 is 1.86 bits per heavy atom. The highest BCUT2D eigenvalue weighted by Gasteiger charge is 2.23. The molecule has 0 spiro atoms. The number of amides is 2. The minimum atomic E-state index is -1.14. The summed E-state index contributed by atoms with van der Waals surface area (Å²) in [6, 6.07) is 10.4. The van der Waals surface area contributed by atoms with Crippen LogP contribution in [0.4, 0.5) is 0 Å². The van der Waals surface area contributed by atoms with Gasteiger partial charge >= 0.3 is 5.97 Å². The third-order valence-corrected chi connectivity index (χ3v) is 4.18. The monoisotopic (exact) mass is 383 g/mol. The summed E-state index contributed by atoms with van der Waals surface area (Å²) in [7, 11) is 0. The van der Waals surface area contributed by atoms with Gasteiger partial charge in [0.1, 0.15) is 11.4 Å². The first kappa shape index (κ1) is 19.3. The van der Waals surface area contributed by atoms with Gasteiger partial charge in [0.05, 0.1) is 5.56 Å². The molecule has 0 saturated heterocycles. The number of hydrogen-bond donors (Lipinski definition) is 3. The van der Waals surface area contributed by atoms with Crippen molar-refractivity contribution in [3.05, 3.63) is 59.4 Å². The summed E-state index contributed by atoms with van der Waals surface area (Å²) in [5, 5.41) is 14.4. The molecule has 1 aliphatic rings. The minimum absolute atomic E-state index is 0.000603.